The number of carbonyl (C=O) groups is 1. The largest absolute Gasteiger partial charge is 0.495 e. The van der Waals surface area contributed by atoms with Crippen molar-refractivity contribution in [3.8, 4) is 5.75 Å². The van der Waals surface area contributed by atoms with Crippen molar-refractivity contribution in [3.63, 3.8) is 0 Å². The molecule has 0 aromatic heterocycles. The number of methoxy groups -OCH3 is 1. The summed E-state index contributed by atoms with van der Waals surface area (Å²) in [5, 5.41) is 6.33. The van der Waals surface area contributed by atoms with Crippen LogP contribution in [0.15, 0.2) is 48.5 Å². The van der Waals surface area contributed by atoms with Gasteiger partial charge in [-0.05, 0) is 38.0 Å². The molecule has 4 heteroatoms. The Labute approximate surface area is 144 Å². The van der Waals surface area contributed by atoms with Gasteiger partial charge in [0.2, 0.25) is 5.91 Å². The molecule has 2 rings (SSSR count). The number of para-hydroxylation sites is 2. The van der Waals surface area contributed by atoms with Gasteiger partial charge in [0.15, 0.2) is 0 Å². The number of anilines is 1. The third kappa shape index (κ3) is 4.59. The maximum atomic E-state index is 12.5. The first-order chi connectivity index (χ1) is 11.5. The molecular formula is C20H26N2O2. The Morgan fingerprint density at radius 2 is 1.79 bits per heavy atom. The summed E-state index contributed by atoms with van der Waals surface area (Å²) >= 11 is 0. The molecule has 0 fully saturated rings. The highest BCUT2D eigenvalue weighted by atomic mass is 16.5. The van der Waals surface area contributed by atoms with Crippen LogP contribution in [0.2, 0.25) is 0 Å². The zero-order valence-electron chi connectivity index (χ0n) is 14.8. The van der Waals surface area contributed by atoms with E-state index in [1.807, 2.05) is 31.2 Å². The number of rotatable bonds is 7. The van der Waals surface area contributed by atoms with Crippen molar-refractivity contribution in [1.82, 2.24) is 5.32 Å². The van der Waals surface area contributed by atoms with E-state index in [2.05, 4.69) is 48.7 Å². The highest BCUT2D eigenvalue weighted by molar-refractivity contribution is 5.95. The number of amides is 1. The summed E-state index contributed by atoms with van der Waals surface area (Å²) in [7, 11) is 1.59. The Kier molecular flexibility index (Phi) is 6.38. The zero-order valence-corrected chi connectivity index (χ0v) is 14.8. The molecule has 0 aliphatic rings. The van der Waals surface area contributed by atoms with Crippen LogP contribution in [-0.4, -0.2) is 19.1 Å². The van der Waals surface area contributed by atoms with Crippen molar-refractivity contribution >= 4 is 11.6 Å². The van der Waals surface area contributed by atoms with E-state index in [9.17, 15) is 4.79 Å². The van der Waals surface area contributed by atoms with Crippen LogP contribution in [-0.2, 0) is 4.79 Å². The van der Waals surface area contributed by atoms with Gasteiger partial charge in [-0.25, -0.2) is 0 Å². The van der Waals surface area contributed by atoms with Gasteiger partial charge in [-0.2, -0.15) is 0 Å². The van der Waals surface area contributed by atoms with Crippen molar-refractivity contribution in [2.24, 2.45) is 0 Å². The van der Waals surface area contributed by atoms with Gasteiger partial charge in [0.25, 0.3) is 0 Å². The first-order valence-electron chi connectivity index (χ1n) is 8.31. The van der Waals surface area contributed by atoms with Crippen molar-refractivity contribution in [2.75, 3.05) is 12.4 Å². The molecule has 0 spiro atoms. The van der Waals surface area contributed by atoms with Crippen LogP contribution < -0.4 is 15.4 Å². The second kappa shape index (κ2) is 8.50. The second-order valence-corrected chi connectivity index (χ2v) is 5.95. The Hall–Kier alpha value is -2.33. The Morgan fingerprint density at radius 3 is 2.42 bits per heavy atom. The molecule has 2 atom stereocenters. The summed E-state index contributed by atoms with van der Waals surface area (Å²) in [6.45, 7) is 6.06. The smallest absolute Gasteiger partial charge is 0.241 e. The predicted molar refractivity (Wildman–Crippen MR) is 98.4 cm³/mol. The van der Waals surface area contributed by atoms with Crippen molar-refractivity contribution in [2.45, 2.75) is 39.3 Å². The average molecular weight is 326 g/mol. The first-order valence-corrected chi connectivity index (χ1v) is 8.31. The molecule has 128 valence electrons. The molecule has 0 saturated carbocycles. The molecule has 0 heterocycles. The minimum Gasteiger partial charge on any atom is -0.495 e. The molecule has 2 N–H and O–H groups in total. The molecule has 2 aromatic rings. The summed E-state index contributed by atoms with van der Waals surface area (Å²) in [6, 6.07) is 15.7. The molecular weight excluding hydrogens is 300 g/mol. The molecule has 0 bridgehead atoms. The molecule has 0 aliphatic carbocycles. The lowest BCUT2D eigenvalue weighted by Crippen LogP contribution is -2.40. The van der Waals surface area contributed by atoms with Gasteiger partial charge < -0.3 is 10.1 Å². The average Bonchev–Trinajstić information content (AvgIpc) is 2.60. The number of ether oxygens (including phenoxy) is 1. The summed E-state index contributed by atoms with van der Waals surface area (Å²) in [5.41, 5.74) is 3.11. The van der Waals surface area contributed by atoms with Crippen LogP contribution in [0.5, 0.6) is 5.75 Å². The van der Waals surface area contributed by atoms with Gasteiger partial charge in [-0.3, -0.25) is 10.1 Å². The van der Waals surface area contributed by atoms with E-state index in [0.29, 0.717) is 11.4 Å². The fourth-order valence-electron chi connectivity index (χ4n) is 2.61. The topological polar surface area (TPSA) is 50.4 Å². The molecule has 4 nitrogen and oxygen atoms in total. The van der Waals surface area contributed by atoms with Crippen LogP contribution in [0.3, 0.4) is 0 Å². The number of benzene rings is 2. The van der Waals surface area contributed by atoms with Gasteiger partial charge in [-0.1, -0.05) is 48.9 Å². The second-order valence-electron chi connectivity index (χ2n) is 5.95. The molecule has 1 amide bonds. The minimum atomic E-state index is -0.318. The van der Waals surface area contributed by atoms with E-state index < -0.39 is 0 Å². The van der Waals surface area contributed by atoms with Crippen LogP contribution >= 0.6 is 0 Å². The molecule has 0 aliphatic heterocycles. The lowest BCUT2D eigenvalue weighted by Gasteiger charge is -2.22. The van der Waals surface area contributed by atoms with E-state index in [1.165, 1.54) is 11.1 Å². The third-order valence-electron chi connectivity index (χ3n) is 4.10. The Balaban J connectivity index is 2.03. The van der Waals surface area contributed by atoms with E-state index in [-0.39, 0.29) is 18.0 Å². The fraction of sp³-hybridized carbons (Fsp3) is 0.350. The summed E-state index contributed by atoms with van der Waals surface area (Å²) in [4.78, 5) is 12.5. The minimum absolute atomic E-state index is 0.0786. The van der Waals surface area contributed by atoms with Gasteiger partial charge in [-0.15, -0.1) is 0 Å². The maximum Gasteiger partial charge on any atom is 0.241 e. The van der Waals surface area contributed by atoms with Gasteiger partial charge in [0, 0.05) is 6.04 Å². The highest BCUT2D eigenvalue weighted by Gasteiger charge is 2.19. The van der Waals surface area contributed by atoms with Gasteiger partial charge >= 0.3 is 0 Å². The van der Waals surface area contributed by atoms with E-state index >= 15 is 0 Å². The summed E-state index contributed by atoms with van der Waals surface area (Å²) in [5.74, 6) is 0.577. The predicted octanol–water partition coefficient (Wildman–Crippen LogP) is 4.07. The van der Waals surface area contributed by atoms with Crippen LogP contribution in [0.1, 0.15) is 37.4 Å². The number of hydrogen-bond donors (Lipinski definition) is 2. The number of aryl methyl sites for hydroxylation is 1. The number of nitrogens with one attached hydrogen (secondary N) is 2. The summed E-state index contributed by atoms with van der Waals surface area (Å²) < 4.78 is 5.27. The summed E-state index contributed by atoms with van der Waals surface area (Å²) in [6.07, 6.45) is 0.912. The Morgan fingerprint density at radius 1 is 1.12 bits per heavy atom. The van der Waals surface area contributed by atoms with Crippen molar-refractivity contribution in [1.29, 1.82) is 0 Å². The highest BCUT2D eigenvalue weighted by Crippen LogP contribution is 2.23. The monoisotopic (exact) mass is 326 g/mol. The zero-order chi connectivity index (χ0) is 17.5. The molecule has 0 radical (unpaired) electrons. The lowest BCUT2D eigenvalue weighted by atomic mass is 10.0. The van der Waals surface area contributed by atoms with Crippen molar-refractivity contribution < 1.29 is 9.53 Å². The molecule has 0 saturated heterocycles. The fourth-order valence-corrected chi connectivity index (χ4v) is 2.61. The molecule has 0 unspecified atom stereocenters. The van der Waals surface area contributed by atoms with Crippen LogP contribution in [0.25, 0.3) is 0 Å². The standard InChI is InChI=1S/C20H26N2O2/c1-5-17(16-12-10-14(2)11-13-16)21-15(3)20(23)22-18-8-6-7-9-19(18)24-4/h6-13,15,17,21H,5H2,1-4H3,(H,22,23)/t15-,17-/m1/s1. The van der Waals surface area contributed by atoms with E-state index in [4.69, 9.17) is 4.74 Å². The number of hydrogen-bond acceptors (Lipinski definition) is 3. The Bertz CT molecular complexity index is 668. The lowest BCUT2D eigenvalue weighted by molar-refractivity contribution is -0.118. The van der Waals surface area contributed by atoms with Crippen LogP contribution in [0, 0.1) is 6.92 Å². The first kappa shape index (κ1) is 18.0. The molecule has 2 aromatic carbocycles. The third-order valence-corrected chi connectivity index (χ3v) is 4.10. The quantitative estimate of drug-likeness (QED) is 0.806. The van der Waals surface area contributed by atoms with E-state index in [1.54, 1.807) is 7.11 Å². The van der Waals surface area contributed by atoms with E-state index in [0.717, 1.165) is 6.42 Å². The normalized spacial score (nSPS) is 13.2. The molecule has 24 heavy (non-hydrogen) atoms. The number of carbonyl (C=O) groups excluding carboxylic acids is 1. The van der Waals surface area contributed by atoms with Crippen molar-refractivity contribution in [3.05, 3.63) is 59.7 Å². The van der Waals surface area contributed by atoms with Gasteiger partial charge in [0.05, 0.1) is 18.8 Å². The maximum absolute atomic E-state index is 12.5. The van der Waals surface area contributed by atoms with Crippen LogP contribution in [0.4, 0.5) is 5.69 Å². The van der Waals surface area contributed by atoms with Gasteiger partial charge in [0.1, 0.15) is 5.75 Å². The SMILES string of the molecule is CC[C@@H](N[C@H](C)C(=O)Nc1ccccc1OC)c1ccc(C)cc1.